The first-order valence-electron chi connectivity index (χ1n) is 6.12. The molecular formula is C12H22N4O. The molecule has 1 heterocycles. The van der Waals surface area contributed by atoms with Gasteiger partial charge in [0, 0.05) is 24.5 Å². The molecule has 0 aliphatic rings. The van der Waals surface area contributed by atoms with E-state index in [1.807, 2.05) is 23.9 Å². The van der Waals surface area contributed by atoms with Gasteiger partial charge in [-0.3, -0.25) is 9.48 Å². The number of hydrogen-bond acceptors (Lipinski definition) is 3. The number of rotatable bonds is 7. The maximum absolute atomic E-state index is 11.6. The minimum absolute atomic E-state index is 0.0324. The van der Waals surface area contributed by atoms with Gasteiger partial charge in [-0.05, 0) is 26.3 Å². The molecule has 2 N–H and O–H groups in total. The number of amides is 1. The number of nitrogens with one attached hydrogen (secondary N) is 2. The summed E-state index contributed by atoms with van der Waals surface area (Å²) in [6.45, 7) is 7.21. The van der Waals surface area contributed by atoms with Crippen LogP contribution >= 0.6 is 0 Å². The number of hydrogen-bond donors (Lipinski definition) is 2. The van der Waals surface area contributed by atoms with E-state index in [9.17, 15) is 4.79 Å². The second kappa shape index (κ2) is 7.06. The third-order valence-electron chi connectivity index (χ3n) is 2.65. The summed E-state index contributed by atoms with van der Waals surface area (Å²) in [6, 6.07) is 2.34. The van der Waals surface area contributed by atoms with Crippen LogP contribution in [0.4, 0.5) is 0 Å². The van der Waals surface area contributed by atoms with Gasteiger partial charge in [0.05, 0.1) is 13.1 Å². The highest BCUT2D eigenvalue weighted by Gasteiger charge is 2.08. The molecule has 5 heteroatoms. The Bertz CT molecular complexity index is 323. The summed E-state index contributed by atoms with van der Waals surface area (Å²) in [5, 5.41) is 10.2. The molecule has 17 heavy (non-hydrogen) atoms. The highest BCUT2D eigenvalue weighted by molar-refractivity contribution is 5.78. The lowest BCUT2D eigenvalue weighted by molar-refractivity contribution is -0.121. The van der Waals surface area contributed by atoms with E-state index >= 15 is 0 Å². The molecule has 1 aromatic heterocycles. The largest absolute Gasteiger partial charge is 0.351 e. The molecule has 0 radical (unpaired) electrons. The van der Waals surface area contributed by atoms with E-state index in [1.54, 1.807) is 6.20 Å². The molecule has 1 rings (SSSR count). The van der Waals surface area contributed by atoms with Crippen LogP contribution < -0.4 is 10.6 Å². The fourth-order valence-electron chi connectivity index (χ4n) is 1.47. The summed E-state index contributed by atoms with van der Waals surface area (Å²) in [7, 11) is 0. The number of nitrogens with zero attached hydrogens (tertiary/aromatic N) is 2. The Morgan fingerprint density at radius 1 is 1.41 bits per heavy atom. The van der Waals surface area contributed by atoms with E-state index in [0.29, 0.717) is 19.1 Å². The summed E-state index contributed by atoms with van der Waals surface area (Å²) in [4.78, 5) is 11.6. The molecule has 5 nitrogen and oxygen atoms in total. The fourth-order valence-corrected chi connectivity index (χ4v) is 1.47. The first kappa shape index (κ1) is 13.7. The Balaban J connectivity index is 2.21. The molecule has 2 unspecified atom stereocenters. The predicted molar refractivity (Wildman–Crippen MR) is 67.6 cm³/mol. The van der Waals surface area contributed by atoms with Gasteiger partial charge in [0.15, 0.2) is 0 Å². The average Bonchev–Trinajstić information content (AvgIpc) is 2.78. The van der Waals surface area contributed by atoms with Crippen LogP contribution in [-0.2, 0) is 11.3 Å². The number of carbonyl (C=O) groups excluding carboxylic acids is 1. The number of carbonyl (C=O) groups is 1. The normalized spacial score (nSPS) is 14.3. The Labute approximate surface area is 103 Å². The second-order valence-corrected chi connectivity index (χ2v) is 4.39. The van der Waals surface area contributed by atoms with Crippen LogP contribution in [0, 0.1) is 0 Å². The van der Waals surface area contributed by atoms with Gasteiger partial charge >= 0.3 is 0 Å². The summed E-state index contributed by atoms with van der Waals surface area (Å²) in [6.07, 6.45) is 4.65. The lowest BCUT2D eigenvalue weighted by Gasteiger charge is -2.16. The lowest BCUT2D eigenvalue weighted by Crippen LogP contribution is -2.42. The first-order valence-corrected chi connectivity index (χ1v) is 6.12. The molecule has 1 amide bonds. The van der Waals surface area contributed by atoms with Gasteiger partial charge in [0.25, 0.3) is 0 Å². The minimum atomic E-state index is 0.0324. The summed E-state index contributed by atoms with van der Waals surface area (Å²) < 4.78 is 1.81. The van der Waals surface area contributed by atoms with Crippen LogP contribution in [0.25, 0.3) is 0 Å². The van der Waals surface area contributed by atoms with Crippen molar-refractivity contribution in [3.8, 4) is 0 Å². The Morgan fingerprint density at radius 2 is 2.18 bits per heavy atom. The predicted octanol–water partition coefficient (Wildman–Crippen LogP) is 0.776. The zero-order chi connectivity index (χ0) is 12.7. The van der Waals surface area contributed by atoms with Crippen molar-refractivity contribution in [1.29, 1.82) is 0 Å². The van der Waals surface area contributed by atoms with Gasteiger partial charge in [-0.2, -0.15) is 5.10 Å². The van der Waals surface area contributed by atoms with E-state index in [2.05, 4.69) is 29.6 Å². The van der Waals surface area contributed by atoms with Gasteiger partial charge in [-0.1, -0.05) is 6.92 Å². The Hall–Kier alpha value is -1.36. The second-order valence-electron chi connectivity index (χ2n) is 4.39. The molecule has 0 aliphatic heterocycles. The van der Waals surface area contributed by atoms with E-state index in [0.717, 1.165) is 6.42 Å². The van der Waals surface area contributed by atoms with Crippen LogP contribution in [0.15, 0.2) is 18.5 Å². The van der Waals surface area contributed by atoms with Crippen molar-refractivity contribution in [3.63, 3.8) is 0 Å². The molecule has 2 atom stereocenters. The lowest BCUT2D eigenvalue weighted by atomic mass is 10.2. The van der Waals surface area contributed by atoms with E-state index in [1.165, 1.54) is 0 Å². The van der Waals surface area contributed by atoms with Crippen LogP contribution in [-0.4, -0.2) is 34.3 Å². The highest BCUT2D eigenvalue weighted by Crippen LogP contribution is 1.91. The summed E-state index contributed by atoms with van der Waals surface area (Å²) in [5.74, 6) is 0.0324. The Kier molecular flexibility index (Phi) is 5.69. The van der Waals surface area contributed by atoms with Gasteiger partial charge in [-0.15, -0.1) is 0 Å². The third kappa shape index (κ3) is 5.49. The smallest absolute Gasteiger partial charge is 0.234 e. The maximum Gasteiger partial charge on any atom is 0.234 e. The average molecular weight is 238 g/mol. The monoisotopic (exact) mass is 238 g/mol. The van der Waals surface area contributed by atoms with Crippen molar-refractivity contribution in [2.24, 2.45) is 0 Å². The molecule has 0 fully saturated rings. The molecule has 1 aromatic rings. The fraction of sp³-hybridized carbons (Fsp3) is 0.667. The van der Waals surface area contributed by atoms with Gasteiger partial charge < -0.3 is 10.6 Å². The standard InChI is InChI=1S/C12H22N4O/c1-4-10(2)13-8-12(17)15-11(3)9-16-7-5-6-14-16/h5-7,10-11,13H,4,8-9H2,1-3H3,(H,15,17). The van der Waals surface area contributed by atoms with E-state index in [-0.39, 0.29) is 11.9 Å². The van der Waals surface area contributed by atoms with Crippen molar-refractivity contribution < 1.29 is 4.79 Å². The first-order chi connectivity index (χ1) is 8.11. The summed E-state index contributed by atoms with van der Waals surface area (Å²) in [5.41, 5.74) is 0. The van der Waals surface area contributed by atoms with Crippen molar-refractivity contribution in [2.75, 3.05) is 6.54 Å². The van der Waals surface area contributed by atoms with Crippen LogP contribution in [0.5, 0.6) is 0 Å². The van der Waals surface area contributed by atoms with Crippen molar-refractivity contribution >= 4 is 5.91 Å². The quantitative estimate of drug-likeness (QED) is 0.738. The van der Waals surface area contributed by atoms with Crippen molar-refractivity contribution in [3.05, 3.63) is 18.5 Å². The topological polar surface area (TPSA) is 59.0 Å². The third-order valence-corrected chi connectivity index (χ3v) is 2.65. The van der Waals surface area contributed by atoms with Crippen LogP contribution in [0.1, 0.15) is 27.2 Å². The van der Waals surface area contributed by atoms with Gasteiger partial charge in [0.1, 0.15) is 0 Å². The minimum Gasteiger partial charge on any atom is -0.351 e. The molecule has 0 saturated heterocycles. The van der Waals surface area contributed by atoms with Gasteiger partial charge in [0.2, 0.25) is 5.91 Å². The molecule has 0 bridgehead atoms. The highest BCUT2D eigenvalue weighted by atomic mass is 16.2. The molecule has 0 spiro atoms. The zero-order valence-corrected chi connectivity index (χ0v) is 10.8. The Morgan fingerprint density at radius 3 is 2.76 bits per heavy atom. The SMILES string of the molecule is CCC(C)NCC(=O)NC(C)Cn1cccn1. The molecule has 0 aromatic carbocycles. The molecule has 96 valence electrons. The summed E-state index contributed by atoms with van der Waals surface area (Å²) >= 11 is 0. The molecule has 0 aliphatic carbocycles. The number of aromatic nitrogens is 2. The van der Waals surface area contributed by atoms with E-state index < -0.39 is 0 Å². The van der Waals surface area contributed by atoms with E-state index in [4.69, 9.17) is 0 Å². The van der Waals surface area contributed by atoms with Crippen LogP contribution in [0.3, 0.4) is 0 Å². The van der Waals surface area contributed by atoms with Crippen molar-refractivity contribution in [1.82, 2.24) is 20.4 Å². The van der Waals surface area contributed by atoms with Gasteiger partial charge in [-0.25, -0.2) is 0 Å². The maximum atomic E-state index is 11.6. The molecule has 0 saturated carbocycles. The molecular weight excluding hydrogens is 216 g/mol. The zero-order valence-electron chi connectivity index (χ0n) is 10.8. The van der Waals surface area contributed by atoms with Crippen molar-refractivity contribution in [2.45, 2.75) is 45.8 Å². The van der Waals surface area contributed by atoms with Crippen LogP contribution in [0.2, 0.25) is 0 Å².